The highest BCUT2D eigenvalue weighted by molar-refractivity contribution is 9.10. The summed E-state index contributed by atoms with van der Waals surface area (Å²) in [5.41, 5.74) is 0. The minimum Gasteiger partial charge on any atom is -0.303 e. The van der Waals surface area contributed by atoms with Crippen molar-refractivity contribution in [2.24, 2.45) is 0 Å². The summed E-state index contributed by atoms with van der Waals surface area (Å²) in [6.45, 7) is 4.90. The summed E-state index contributed by atoms with van der Waals surface area (Å²) in [4.78, 5) is 1.32. The van der Waals surface area contributed by atoms with Crippen molar-refractivity contribution < 1.29 is 0 Å². The Bertz CT molecular complexity index is 466. The summed E-state index contributed by atoms with van der Waals surface area (Å²) < 4.78 is 1.17. The van der Waals surface area contributed by atoms with Gasteiger partial charge in [0.1, 0.15) is 10.0 Å². The van der Waals surface area contributed by atoms with Crippen LogP contribution in [-0.2, 0) is 6.54 Å². The maximum absolute atomic E-state index is 4.09. The smallest absolute Gasteiger partial charge is 0.131 e. The second kappa shape index (κ2) is 5.35. The molecule has 0 fully saturated rings. The zero-order chi connectivity index (χ0) is 11.5. The van der Waals surface area contributed by atoms with E-state index in [1.807, 2.05) is 6.92 Å². The molecule has 1 atom stereocenters. The molecule has 2 rings (SSSR count). The average molecular weight is 318 g/mol. The van der Waals surface area contributed by atoms with Gasteiger partial charge >= 0.3 is 0 Å². The summed E-state index contributed by atoms with van der Waals surface area (Å²) in [7, 11) is 0. The van der Waals surface area contributed by atoms with Crippen LogP contribution in [-0.4, -0.2) is 10.2 Å². The van der Waals surface area contributed by atoms with E-state index in [0.717, 1.165) is 16.6 Å². The molecule has 6 heteroatoms. The summed E-state index contributed by atoms with van der Waals surface area (Å²) in [5.74, 6) is 0. The minimum absolute atomic E-state index is 0.332. The van der Waals surface area contributed by atoms with E-state index < -0.39 is 0 Å². The van der Waals surface area contributed by atoms with Crippen LogP contribution in [0.5, 0.6) is 0 Å². The maximum Gasteiger partial charge on any atom is 0.131 e. The third-order valence-corrected chi connectivity index (χ3v) is 5.06. The van der Waals surface area contributed by atoms with E-state index in [1.54, 1.807) is 22.7 Å². The van der Waals surface area contributed by atoms with Crippen molar-refractivity contribution in [3.8, 4) is 0 Å². The highest BCUT2D eigenvalue weighted by Crippen LogP contribution is 2.28. The molecule has 0 spiro atoms. The first-order valence-corrected chi connectivity index (χ1v) is 7.41. The molecular weight excluding hydrogens is 306 g/mol. The number of hydrogen-bond donors (Lipinski definition) is 1. The molecule has 86 valence electrons. The third kappa shape index (κ3) is 2.88. The van der Waals surface area contributed by atoms with Crippen LogP contribution in [0.1, 0.15) is 27.9 Å². The second-order valence-electron chi connectivity index (χ2n) is 3.45. The van der Waals surface area contributed by atoms with E-state index >= 15 is 0 Å². The fraction of sp³-hybridized carbons (Fsp3) is 0.400. The molecule has 0 bridgehead atoms. The fourth-order valence-corrected chi connectivity index (χ4v) is 3.77. The van der Waals surface area contributed by atoms with Crippen molar-refractivity contribution in [3.63, 3.8) is 0 Å². The van der Waals surface area contributed by atoms with E-state index in [-0.39, 0.29) is 0 Å². The van der Waals surface area contributed by atoms with Gasteiger partial charge < -0.3 is 5.32 Å². The lowest BCUT2D eigenvalue weighted by molar-refractivity contribution is 0.577. The molecule has 0 aliphatic rings. The molecule has 0 aromatic carbocycles. The zero-order valence-electron chi connectivity index (χ0n) is 9.03. The van der Waals surface area contributed by atoms with Gasteiger partial charge in [-0.3, -0.25) is 0 Å². The Balaban J connectivity index is 1.93. The predicted molar refractivity (Wildman–Crippen MR) is 71.9 cm³/mol. The molecule has 2 aromatic rings. The van der Waals surface area contributed by atoms with Gasteiger partial charge in [0.2, 0.25) is 0 Å². The Hall–Kier alpha value is -0.300. The van der Waals surface area contributed by atoms with Crippen LogP contribution in [0, 0.1) is 6.92 Å². The van der Waals surface area contributed by atoms with Gasteiger partial charge in [-0.05, 0) is 41.2 Å². The number of nitrogens with zero attached hydrogens (tertiary/aromatic N) is 2. The van der Waals surface area contributed by atoms with Crippen molar-refractivity contribution in [2.45, 2.75) is 26.4 Å². The molecule has 0 aliphatic carbocycles. The van der Waals surface area contributed by atoms with Gasteiger partial charge in [0.25, 0.3) is 0 Å². The van der Waals surface area contributed by atoms with Gasteiger partial charge in [0, 0.05) is 15.4 Å². The molecule has 16 heavy (non-hydrogen) atoms. The van der Waals surface area contributed by atoms with E-state index in [0.29, 0.717) is 6.04 Å². The van der Waals surface area contributed by atoms with E-state index in [4.69, 9.17) is 0 Å². The number of aromatic nitrogens is 2. The zero-order valence-corrected chi connectivity index (χ0v) is 12.2. The number of rotatable bonds is 4. The van der Waals surface area contributed by atoms with E-state index in [1.165, 1.54) is 9.35 Å². The lowest BCUT2D eigenvalue weighted by Gasteiger charge is -2.11. The van der Waals surface area contributed by atoms with Crippen LogP contribution in [0.4, 0.5) is 0 Å². The Morgan fingerprint density at radius 3 is 2.88 bits per heavy atom. The molecular formula is C10H12BrN3S2. The van der Waals surface area contributed by atoms with Gasteiger partial charge in [-0.2, -0.15) is 0 Å². The van der Waals surface area contributed by atoms with Gasteiger partial charge in [0.15, 0.2) is 0 Å². The van der Waals surface area contributed by atoms with Crippen LogP contribution < -0.4 is 5.32 Å². The van der Waals surface area contributed by atoms with Crippen molar-refractivity contribution in [1.29, 1.82) is 0 Å². The van der Waals surface area contributed by atoms with Crippen LogP contribution in [0.25, 0.3) is 0 Å². The molecule has 0 saturated heterocycles. The Morgan fingerprint density at radius 1 is 1.50 bits per heavy atom. The first-order valence-electron chi connectivity index (χ1n) is 4.92. The van der Waals surface area contributed by atoms with Crippen LogP contribution in [0.3, 0.4) is 0 Å². The van der Waals surface area contributed by atoms with Crippen LogP contribution >= 0.6 is 38.6 Å². The Kier molecular flexibility index (Phi) is 4.07. The number of nitrogens with one attached hydrogen (secondary N) is 1. The molecule has 1 N–H and O–H groups in total. The van der Waals surface area contributed by atoms with Crippen molar-refractivity contribution in [3.05, 3.63) is 30.8 Å². The molecule has 1 unspecified atom stereocenters. The highest BCUT2D eigenvalue weighted by Gasteiger charge is 2.11. The number of hydrogen-bond acceptors (Lipinski definition) is 5. The monoisotopic (exact) mass is 317 g/mol. The standard InChI is InChI=1S/C10H12BrN3S2/c1-6(10-8(11)3-4-15-10)12-5-9-14-13-7(2)16-9/h3-4,6,12H,5H2,1-2H3. The molecule has 0 aliphatic heterocycles. The molecule has 2 heterocycles. The largest absolute Gasteiger partial charge is 0.303 e. The molecule has 0 saturated carbocycles. The third-order valence-electron chi connectivity index (χ3n) is 2.17. The van der Waals surface area contributed by atoms with Crippen LogP contribution in [0.2, 0.25) is 0 Å². The predicted octanol–water partition coefficient (Wildman–Crippen LogP) is 3.52. The van der Waals surface area contributed by atoms with Gasteiger partial charge in [0.05, 0.1) is 6.54 Å². The highest BCUT2D eigenvalue weighted by atomic mass is 79.9. The van der Waals surface area contributed by atoms with E-state index in [2.05, 4.69) is 49.8 Å². The van der Waals surface area contributed by atoms with Gasteiger partial charge in [-0.25, -0.2) is 0 Å². The van der Waals surface area contributed by atoms with Crippen molar-refractivity contribution >= 4 is 38.6 Å². The fourth-order valence-electron chi connectivity index (χ4n) is 1.36. The summed E-state index contributed by atoms with van der Waals surface area (Å²) in [5, 5.41) is 15.7. The van der Waals surface area contributed by atoms with Gasteiger partial charge in [-0.1, -0.05) is 0 Å². The normalized spacial score (nSPS) is 12.9. The Morgan fingerprint density at radius 2 is 2.31 bits per heavy atom. The minimum atomic E-state index is 0.332. The first kappa shape index (κ1) is 12.2. The summed E-state index contributed by atoms with van der Waals surface area (Å²) >= 11 is 6.94. The number of halogens is 1. The molecule has 0 radical (unpaired) electrons. The number of aryl methyl sites for hydroxylation is 1. The number of thiophene rings is 1. The summed E-state index contributed by atoms with van der Waals surface area (Å²) in [6.07, 6.45) is 0. The summed E-state index contributed by atoms with van der Waals surface area (Å²) in [6, 6.07) is 2.41. The second-order valence-corrected chi connectivity index (χ2v) is 6.52. The van der Waals surface area contributed by atoms with Crippen molar-refractivity contribution in [2.75, 3.05) is 0 Å². The topological polar surface area (TPSA) is 37.8 Å². The van der Waals surface area contributed by atoms with E-state index in [9.17, 15) is 0 Å². The Labute approximate surface area is 111 Å². The molecule has 0 amide bonds. The van der Waals surface area contributed by atoms with Crippen molar-refractivity contribution in [1.82, 2.24) is 15.5 Å². The molecule has 2 aromatic heterocycles. The lowest BCUT2D eigenvalue weighted by atomic mass is 10.3. The SMILES string of the molecule is Cc1nnc(CNC(C)c2sccc2Br)s1. The quantitative estimate of drug-likeness (QED) is 0.937. The molecule has 3 nitrogen and oxygen atoms in total. The average Bonchev–Trinajstić information content (AvgIpc) is 2.84. The van der Waals surface area contributed by atoms with Crippen LogP contribution in [0.15, 0.2) is 15.9 Å². The first-order chi connectivity index (χ1) is 7.66. The lowest BCUT2D eigenvalue weighted by Crippen LogP contribution is -2.17. The van der Waals surface area contributed by atoms with Gasteiger partial charge in [-0.15, -0.1) is 32.9 Å². The maximum atomic E-state index is 4.09.